The van der Waals surface area contributed by atoms with Gasteiger partial charge in [0.2, 0.25) is 5.91 Å². The van der Waals surface area contributed by atoms with Gasteiger partial charge in [0.15, 0.2) is 0 Å². The van der Waals surface area contributed by atoms with Crippen LogP contribution >= 0.6 is 0 Å². The summed E-state index contributed by atoms with van der Waals surface area (Å²) in [5.41, 5.74) is 0. The van der Waals surface area contributed by atoms with Gasteiger partial charge in [0.1, 0.15) is 0 Å². The average Bonchev–Trinajstić information content (AvgIpc) is 2.90. The Hall–Kier alpha value is -1.30. The molecule has 1 N–H and O–H groups in total. The highest BCUT2D eigenvalue weighted by Crippen LogP contribution is 2.15. The van der Waals surface area contributed by atoms with Gasteiger partial charge in [-0.05, 0) is 25.4 Å². The molecule has 19 heavy (non-hydrogen) atoms. The monoisotopic (exact) mass is 268 g/mol. The Balaban J connectivity index is 1.76. The van der Waals surface area contributed by atoms with Crippen molar-refractivity contribution in [3.63, 3.8) is 0 Å². The zero-order chi connectivity index (χ0) is 13.8. The maximum Gasteiger partial charge on any atom is 0.319 e. The fourth-order valence-corrected chi connectivity index (χ4v) is 2.69. The van der Waals surface area contributed by atoms with Crippen LogP contribution in [0.15, 0.2) is 0 Å². The lowest BCUT2D eigenvalue weighted by atomic mass is 10.0. The van der Waals surface area contributed by atoms with Gasteiger partial charge >= 0.3 is 6.03 Å². The Labute approximate surface area is 114 Å². The van der Waals surface area contributed by atoms with E-state index in [1.807, 2.05) is 4.90 Å². The van der Waals surface area contributed by atoms with Crippen molar-refractivity contribution in [2.75, 3.05) is 53.4 Å². The van der Waals surface area contributed by atoms with Crippen LogP contribution in [0.3, 0.4) is 0 Å². The molecule has 108 valence electrons. The van der Waals surface area contributed by atoms with Crippen molar-refractivity contribution in [2.45, 2.75) is 12.8 Å². The van der Waals surface area contributed by atoms with Crippen LogP contribution in [0, 0.1) is 5.92 Å². The third-order valence-corrected chi connectivity index (χ3v) is 3.91. The summed E-state index contributed by atoms with van der Waals surface area (Å²) in [6.45, 7) is 4.61. The molecule has 0 aromatic rings. The Kier molecular flexibility index (Phi) is 4.63. The Morgan fingerprint density at radius 1 is 1.16 bits per heavy atom. The first-order chi connectivity index (χ1) is 9.08. The molecule has 2 aliphatic rings. The zero-order valence-electron chi connectivity index (χ0n) is 11.9. The van der Waals surface area contributed by atoms with Crippen molar-refractivity contribution in [3.8, 4) is 0 Å². The van der Waals surface area contributed by atoms with Gasteiger partial charge in [0.05, 0.1) is 0 Å². The smallest absolute Gasteiger partial charge is 0.319 e. The summed E-state index contributed by atoms with van der Waals surface area (Å²) < 4.78 is 0. The predicted octanol–water partition coefficient (Wildman–Crippen LogP) is -0.188. The van der Waals surface area contributed by atoms with E-state index in [1.165, 1.54) is 0 Å². The molecular weight excluding hydrogens is 244 g/mol. The molecule has 0 bridgehead atoms. The van der Waals surface area contributed by atoms with E-state index < -0.39 is 0 Å². The second-order valence-electron chi connectivity index (χ2n) is 5.61. The van der Waals surface area contributed by atoms with Crippen LogP contribution in [0.5, 0.6) is 0 Å². The number of nitrogens with one attached hydrogen (secondary N) is 1. The maximum absolute atomic E-state index is 12.1. The molecule has 2 rings (SSSR count). The van der Waals surface area contributed by atoms with Gasteiger partial charge in [-0.3, -0.25) is 4.79 Å². The highest BCUT2D eigenvalue weighted by molar-refractivity contribution is 5.77. The molecule has 0 radical (unpaired) electrons. The number of carbonyl (C=O) groups is 2. The largest absolute Gasteiger partial charge is 0.339 e. The van der Waals surface area contributed by atoms with E-state index in [-0.39, 0.29) is 11.9 Å². The van der Waals surface area contributed by atoms with E-state index in [9.17, 15) is 9.59 Å². The van der Waals surface area contributed by atoms with E-state index >= 15 is 0 Å². The summed E-state index contributed by atoms with van der Waals surface area (Å²) in [5.74, 6) is 0.736. The quantitative estimate of drug-likeness (QED) is 0.755. The molecule has 6 nitrogen and oxygen atoms in total. The van der Waals surface area contributed by atoms with E-state index in [0.717, 1.165) is 19.5 Å². The standard InChI is InChI=1S/C13H24N4O2/c1-15(2)13(19)17-7-5-16(6-8-17)12(18)9-11-3-4-14-10-11/h11,14H,3-10H2,1-2H3. The lowest BCUT2D eigenvalue weighted by molar-refractivity contribution is -0.133. The molecule has 0 aromatic heterocycles. The van der Waals surface area contributed by atoms with Gasteiger partial charge in [0, 0.05) is 46.7 Å². The first kappa shape index (κ1) is 14.1. The fraction of sp³-hybridized carbons (Fsp3) is 0.846. The molecule has 0 saturated carbocycles. The van der Waals surface area contributed by atoms with Gasteiger partial charge in [-0.15, -0.1) is 0 Å². The summed E-state index contributed by atoms with van der Waals surface area (Å²) >= 11 is 0. The second kappa shape index (κ2) is 6.23. The molecule has 6 heteroatoms. The zero-order valence-corrected chi connectivity index (χ0v) is 11.9. The number of amides is 3. The predicted molar refractivity (Wildman–Crippen MR) is 72.8 cm³/mol. The summed E-state index contributed by atoms with van der Waals surface area (Å²) in [4.78, 5) is 29.2. The van der Waals surface area contributed by atoms with E-state index in [0.29, 0.717) is 38.5 Å². The Bertz CT molecular complexity index is 332. The van der Waals surface area contributed by atoms with Crippen molar-refractivity contribution in [2.24, 2.45) is 5.92 Å². The first-order valence-corrected chi connectivity index (χ1v) is 7.02. The van der Waals surface area contributed by atoms with Crippen molar-refractivity contribution in [1.82, 2.24) is 20.0 Å². The van der Waals surface area contributed by atoms with Crippen LogP contribution in [-0.2, 0) is 4.79 Å². The van der Waals surface area contributed by atoms with Crippen LogP contribution in [0.1, 0.15) is 12.8 Å². The van der Waals surface area contributed by atoms with Crippen LogP contribution < -0.4 is 5.32 Å². The lowest BCUT2D eigenvalue weighted by Gasteiger charge is -2.36. The molecule has 2 fully saturated rings. The van der Waals surface area contributed by atoms with Crippen LogP contribution in [0.2, 0.25) is 0 Å². The number of rotatable bonds is 2. The number of hydrogen-bond donors (Lipinski definition) is 1. The third kappa shape index (κ3) is 3.59. The van der Waals surface area contributed by atoms with Crippen molar-refractivity contribution in [3.05, 3.63) is 0 Å². The molecule has 1 unspecified atom stereocenters. The number of hydrogen-bond acceptors (Lipinski definition) is 3. The number of carbonyl (C=O) groups excluding carboxylic acids is 2. The second-order valence-corrected chi connectivity index (χ2v) is 5.61. The van der Waals surface area contributed by atoms with Crippen LogP contribution in [0.25, 0.3) is 0 Å². The van der Waals surface area contributed by atoms with E-state index in [1.54, 1.807) is 23.9 Å². The van der Waals surface area contributed by atoms with E-state index in [2.05, 4.69) is 5.32 Å². The topological polar surface area (TPSA) is 55.9 Å². The van der Waals surface area contributed by atoms with Gasteiger partial charge in [0.25, 0.3) is 0 Å². The maximum atomic E-state index is 12.1. The number of urea groups is 1. The van der Waals surface area contributed by atoms with Gasteiger partial charge in [-0.2, -0.15) is 0 Å². The van der Waals surface area contributed by atoms with Crippen LogP contribution in [-0.4, -0.2) is 80.0 Å². The summed E-state index contributed by atoms with van der Waals surface area (Å²) in [6.07, 6.45) is 1.75. The lowest BCUT2D eigenvalue weighted by Crippen LogP contribution is -2.53. The Morgan fingerprint density at radius 2 is 1.79 bits per heavy atom. The third-order valence-electron chi connectivity index (χ3n) is 3.91. The molecule has 2 saturated heterocycles. The molecule has 2 heterocycles. The summed E-state index contributed by atoms with van der Waals surface area (Å²) in [5, 5.41) is 3.29. The average molecular weight is 268 g/mol. The fourth-order valence-electron chi connectivity index (χ4n) is 2.69. The number of piperazine rings is 1. The van der Waals surface area contributed by atoms with Crippen molar-refractivity contribution >= 4 is 11.9 Å². The molecule has 0 aromatic carbocycles. The molecule has 0 aliphatic carbocycles. The highest BCUT2D eigenvalue weighted by atomic mass is 16.2. The molecular formula is C13H24N4O2. The minimum atomic E-state index is 0.0343. The van der Waals surface area contributed by atoms with E-state index in [4.69, 9.17) is 0 Å². The Morgan fingerprint density at radius 3 is 2.32 bits per heavy atom. The molecule has 2 aliphatic heterocycles. The number of nitrogens with zero attached hydrogens (tertiary/aromatic N) is 3. The van der Waals surface area contributed by atoms with Crippen molar-refractivity contribution < 1.29 is 9.59 Å². The minimum absolute atomic E-state index is 0.0343. The van der Waals surface area contributed by atoms with Crippen molar-refractivity contribution in [1.29, 1.82) is 0 Å². The van der Waals surface area contributed by atoms with Gasteiger partial charge in [-0.25, -0.2) is 4.79 Å². The van der Waals surface area contributed by atoms with Crippen LogP contribution in [0.4, 0.5) is 4.79 Å². The molecule has 0 spiro atoms. The van der Waals surface area contributed by atoms with Gasteiger partial charge in [-0.1, -0.05) is 0 Å². The first-order valence-electron chi connectivity index (χ1n) is 7.02. The normalized spacial score (nSPS) is 23.6. The highest BCUT2D eigenvalue weighted by Gasteiger charge is 2.27. The molecule has 1 atom stereocenters. The molecule has 3 amide bonds. The summed E-state index contributed by atoms with van der Waals surface area (Å²) in [6, 6.07) is 0.0343. The van der Waals surface area contributed by atoms with Gasteiger partial charge < -0.3 is 20.0 Å². The summed E-state index contributed by atoms with van der Waals surface area (Å²) in [7, 11) is 3.51. The SMILES string of the molecule is CN(C)C(=O)N1CCN(C(=O)CC2CCNC2)CC1. The minimum Gasteiger partial charge on any atom is -0.339 e.